The zero-order chi connectivity index (χ0) is 40.5. The van der Waals surface area contributed by atoms with E-state index in [1.54, 1.807) is 36.4 Å². The lowest BCUT2D eigenvalue weighted by atomic mass is 10.1. The molecule has 8 bridgehead atoms. The van der Waals surface area contributed by atoms with Gasteiger partial charge in [0.1, 0.15) is 31.4 Å². The van der Waals surface area contributed by atoms with Crippen molar-refractivity contribution in [3.05, 3.63) is 99.2 Å². The molecule has 8 rings (SSSR count). The third-order valence-corrected chi connectivity index (χ3v) is 11.2. The number of methoxy groups -OCH3 is 2. The maximum Gasteiger partial charge on any atom is 0.269 e. The lowest BCUT2D eigenvalue weighted by molar-refractivity contribution is -0.116. The number of halogens is 5. The summed E-state index contributed by atoms with van der Waals surface area (Å²) in [5.74, 6) is 1.55. The molecule has 4 aromatic carbocycles. The molecule has 0 saturated carbocycles. The van der Waals surface area contributed by atoms with E-state index in [4.69, 9.17) is 28.6 Å². The first-order valence-electron chi connectivity index (χ1n) is 16.7. The van der Waals surface area contributed by atoms with Crippen LogP contribution in [-0.4, -0.2) is 69.9 Å². The van der Waals surface area contributed by atoms with Gasteiger partial charge >= 0.3 is 0 Å². The van der Waals surface area contributed by atoms with E-state index in [0.717, 1.165) is 11.1 Å². The maximum atomic E-state index is 13.4. The monoisotopic (exact) mass is 1090 g/mol. The minimum atomic E-state index is -1.10. The van der Waals surface area contributed by atoms with E-state index in [9.17, 15) is 14.7 Å². The van der Waals surface area contributed by atoms with Crippen molar-refractivity contribution in [1.29, 1.82) is 0 Å². The third kappa shape index (κ3) is 10.8. The molecule has 1 atom stereocenters. The zero-order valence-electron chi connectivity index (χ0n) is 30.3. The van der Waals surface area contributed by atoms with Crippen molar-refractivity contribution in [2.24, 2.45) is 10.3 Å². The first-order valence-corrected chi connectivity index (χ1v) is 20.6. The predicted molar refractivity (Wildman–Crippen MR) is 228 cm³/mol. The van der Waals surface area contributed by atoms with Crippen LogP contribution in [0.4, 0.5) is 0 Å². The number of amides is 2. The van der Waals surface area contributed by atoms with Crippen LogP contribution >= 0.6 is 79.6 Å². The number of oxime groups is 2. The maximum absolute atomic E-state index is 13.4. The molecule has 0 aromatic heterocycles. The molecule has 4 aliphatic rings. The number of benzene rings is 4. The normalized spacial score (nSPS) is 16.9. The number of nitrogens with zero attached hydrogens (tertiary/aromatic N) is 2. The smallest absolute Gasteiger partial charge is 0.269 e. The average molecular weight is 1090 g/mol. The average Bonchev–Trinajstić information content (AvgIpc) is 3.15. The highest BCUT2D eigenvalue weighted by Crippen LogP contribution is 2.45. The molecule has 0 aliphatic carbocycles. The number of aliphatic hydroxyl groups excluding tert-OH is 1. The number of hydrogen-bond donors (Lipinski definition) is 3. The second-order valence-corrected chi connectivity index (χ2v) is 16.3. The summed E-state index contributed by atoms with van der Waals surface area (Å²) in [6.07, 6.45) is -0.451. The van der Waals surface area contributed by atoms with E-state index in [0.29, 0.717) is 74.4 Å². The van der Waals surface area contributed by atoms with Crippen LogP contribution in [0, 0.1) is 0 Å². The highest BCUT2D eigenvalue weighted by atomic mass is 79.9. The molecule has 3 N–H and O–H groups in total. The molecule has 13 nitrogen and oxygen atoms in total. The van der Waals surface area contributed by atoms with E-state index < -0.39 is 17.9 Å². The number of hydrogen-bond acceptors (Lipinski definition) is 11. The van der Waals surface area contributed by atoms with Gasteiger partial charge in [-0.2, -0.15) is 0 Å². The summed E-state index contributed by atoms with van der Waals surface area (Å²) >= 11 is 17.9. The van der Waals surface area contributed by atoms with Crippen LogP contribution in [0.5, 0.6) is 34.5 Å². The van der Waals surface area contributed by atoms with Crippen molar-refractivity contribution >= 4 is 103 Å². The summed E-state index contributed by atoms with van der Waals surface area (Å²) in [5.41, 5.74) is 2.94. The number of rotatable bonds is 4. The van der Waals surface area contributed by atoms with Crippen LogP contribution in [0.1, 0.15) is 28.4 Å². The largest absolute Gasteiger partial charge is 0.492 e. The molecule has 4 heterocycles. The molecule has 0 spiro atoms. The predicted octanol–water partition coefficient (Wildman–Crippen LogP) is 8.71. The Kier molecular flexibility index (Phi) is 15.6. The minimum Gasteiger partial charge on any atom is -0.492 e. The molecule has 296 valence electrons. The highest BCUT2D eigenvalue weighted by Gasteiger charge is 2.23. The molecule has 18 heteroatoms. The van der Waals surface area contributed by atoms with E-state index in [1.807, 2.05) is 18.2 Å². The van der Waals surface area contributed by atoms with Crippen LogP contribution in [0.15, 0.2) is 87.3 Å². The van der Waals surface area contributed by atoms with Crippen LogP contribution < -0.4 is 29.6 Å². The second kappa shape index (κ2) is 20.1. The highest BCUT2D eigenvalue weighted by molar-refractivity contribution is 9.11. The van der Waals surface area contributed by atoms with E-state index in [-0.39, 0.29) is 37.4 Å². The Labute approximate surface area is 365 Å². The van der Waals surface area contributed by atoms with E-state index in [2.05, 4.69) is 101 Å². The van der Waals surface area contributed by atoms with Crippen molar-refractivity contribution in [2.45, 2.75) is 25.4 Å². The summed E-state index contributed by atoms with van der Waals surface area (Å²) in [7, 11) is 5.76. The van der Waals surface area contributed by atoms with Gasteiger partial charge in [0.05, 0.1) is 42.7 Å². The number of carbonyl (C=O) groups is 2. The fraction of sp³-hybridized carbons (Fsp3) is 0.263. The van der Waals surface area contributed by atoms with Gasteiger partial charge in [-0.25, -0.2) is 0 Å². The Hall–Kier alpha value is -3.68. The van der Waals surface area contributed by atoms with Gasteiger partial charge in [0.15, 0.2) is 28.7 Å². The number of carbonyl (C=O) groups excluding carboxylic acids is 2. The molecule has 0 saturated heterocycles. The number of aliphatic hydroxyl groups is 1. The van der Waals surface area contributed by atoms with Gasteiger partial charge in [-0.15, -0.1) is 0 Å². The topological polar surface area (TPSA) is 159 Å². The quantitative estimate of drug-likeness (QED) is 0.170. The van der Waals surface area contributed by atoms with Crippen molar-refractivity contribution in [3.63, 3.8) is 0 Å². The van der Waals surface area contributed by atoms with Crippen LogP contribution in [0.2, 0.25) is 0 Å². The summed E-state index contributed by atoms with van der Waals surface area (Å²) in [4.78, 5) is 36.8. The Balaban J connectivity index is 1.53. The number of nitrogens with one attached hydrogen (secondary N) is 2. The van der Waals surface area contributed by atoms with E-state index >= 15 is 0 Å². The molecule has 0 fully saturated rings. The Morgan fingerprint density at radius 2 is 1.18 bits per heavy atom. The fourth-order valence-corrected chi connectivity index (χ4v) is 8.81. The lowest BCUT2D eigenvalue weighted by Crippen LogP contribution is -2.35. The molecular formula is C38H35Br5N4O9. The molecule has 1 unspecified atom stereocenters. The first kappa shape index (κ1) is 43.4. The van der Waals surface area contributed by atoms with Gasteiger partial charge in [0.2, 0.25) is 0 Å². The molecule has 0 radical (unpaired) electrons. The molecule has 4 aliphatic heterocycles. The number of ether oxygens (including phenoxy) is 4. The fourth-order valence-electron chi connectivity index (χ4n) is 5.62. The Morgan fingerprint density at radius 3 is 1.77 bits per heavy atom. The van der Waals surface area contributed by atoms with Gasteiger partial charge in [-0.1, -0.05) is 16.4 Å². The molecule has 2 amide bonds. The van der Waals surface area contributed by atoms with Crippen molar-refractivity contribution in [1.82, 2.24) is 10.6 Å². The summed E-state index contributed by atoms with van der Waals surface area (Å²) in [5, 5.41) is 24.8. The van der Waals surface area contributed by atoms with Crippen LogP contribution in [0.25, 0.3) is 0 Å². The lowest BCUT2D eigenvalue weighted by Gasteiger charge is -2.18. The van der Waals surface area contributed by atoms with Crippen LogP contribution in [-0.2, 0) is 38.5 Å². The zero-order valence-corrected chi connectivity index (χ0v) is 38.2. The van der Waals surface area contributed by atoms with Crippen molar-refractivity contribution in [3.8, 4) is 34.5 Å². The van der Waals surface area contributed by atoms with Gasteiger partial charge < -0.3 is 44.4 Å². The molecule has 56 heavy (non-hydrogen) atoms. The van der Waals surface area contributed by atoms with Crippen molar-refractivity contribution < 1.29 is 43.3 Å². The SMILES string of the molecule is CO/N=C1\Cc2ccc(c(Br)c2)Oc2cc(cc(Br)c2OC)C/C(=N\OC)C(=O)NCC(O)c2cc(Br)c(c(Br)c2)Oc2cc(cc(Br)c2OC)CCNC1=O. The van der Waals surface area contributed by atoms with Gasteiger partial charge in [0, 0.05) is 25.9 Å². The van der Waals surface area contributed by atoms with Gasteiger partial charge in [-0.3, -0.25) is 9.59 Å². The third-order valence-electron chi connectivity index (χ3n) is 8.21. The Bertz CT molecular complexity index is 2160. The standard InChI is InChI=1S/C38H35Br5N4O9/c1-51-35-25(41)11-21-13-29(47-54-4)38(50)45-18-30(48)22-16-26(42)34(27(43)17-22)56-33-14-20(10-24(40)36(33)52-2)7-8-44-37(49)28(46-53-3)12-19-5-6-31(23(39)9-19)55-32(35)15-21/h5-6,9-11,14-17,30,48H,7-8,12-13,18H2,1-4H3,(H,44,49)(H,45,50)/b46-28+,47-29+. The van der Waals surface area contributed by atoms with Crippen molar-refractivity contribution in [2.75, 3.05) is 41.5 Å². The minimum absolute atomic E-state index is 0.0441. The van der Waals surface area contributed by atoms with Gasteiger partial charge in [-0.05, 0) is 157 Å². The summed E-state index contributed by atoms with van der Waals surface area (Å²) in [6.45, 7) is 0.144. The second-order valence-electron chi connectivity index (χ2n) is 12.0. The Morgan fingerprint density at radius 1 is 0.643 bits per heavy atom. The van der Waals surface area contributed by atoms with Gasteiger partial charge in [0.25, 0.3) is 11.8 Å². The van der Waals surface area contributed by atoms with Crippen LogP contribution in [0.3, 0.4) is 0 Å². The molecular weight excluding hydrogens is 1060 g/mol. The molecule has 4 aromatic rings. The van der Waals surface area contributed by atoms with E-state index in [1.165, 1.54) is 28.4 Å². The first-order chi connectivity index (χ1) is 26.8. The summed E-state index contributed by atoms with van der Waals surface area (Å²) < 4.78 is 26.8. The summed E-state index contributed by atoms with van der Waals surface area (Å²) in [6, 6.07) is 16.0.